The summed E-state index contributed by atoms with van der Waals surface area (Å²) in [5, 5.41) is 6.86. The maximum atomic E-state index is 13.4. The predicted octanol–water partition coefficient (Wildman–Crippen LogP) is 3.16. The van der Waals surface area contributed by atoms with Crippen LogP contribution in [0.3, 0.4) is 0 Å². The van der Waals surface area contributed by atoms with Crippen LogP contribution in [0.15, 0.2) is 65.2 Å². The second-order valence-corrected chi connectivity index (χ2v) is 8.42. The van der Waals surface area contributed by atoms with Gasteiger partial charge in [-0.1, -0.05) is 72.2 Å². The molecule has 2 amide bonds. The van der Waals surface area contributed by atoms with E-state index in [-0.39, 0.29) is 11.6 Å². The van der Waals surface area contributed by atoms with E-state index < -0.39 is 11.9 Å². The van der Waals surface area contributed by atoms with Crippen molar-refractivity contribution in [2.45, 2.75) is 26.3 Å². The van der Waals surface area contributed by atoms with Gasteiger partial charge in [0.1, 0.15) is 6.04 Å². The molecule has 33 heavy (non-hydrogen) atoms. The smallest absolute Gasteiger partial charge is 0.274 e. The van der Waals surface area contributed by atoms with Crippen LogP contribution in [-0.2, 0) is 11.2 Å². The lowest BCUT2D eigenvalue weighted by atomic mass is 10.0. The second-order valence-electron chi connectivity index (χ2n) is 8.42. The summed E-state index contributed by atoms with van der Waals surface area (Å²) in [6, 6.07) is 18.5. The molecule has 0 saturated carbocycles. The maximum absolute atomic E-state index is 13.4. The molecule has 1 aliphatic heterocycles. The molecule has 0 bridgehead atoms. The molecular weight excluding hydrogens is 416 g/mol. The third kappa shape index (κ3) is 5.68. The molecule has 7 nitrogen and oxygen atoms in total. The van der Waals surface area contributed by atoms with Crippen molar-refractivity contribution in [1.29, 1.82) is 0 Å². The summed E-state index contributed by atoms with van der Waals surface area (Å²) in [5.41, 5.74) is 3.13. The van der Waals surface area contributed by atoms with E-state index in [1.165, 1.54) is 0 Å². The van der Waals surface area contributed by atoms with Crippen molar-refractivity contribution in [3.63, 3.8) is 0 Å². The molecule has 0 radical (unpaired) electrons. The molecule has 0 spiro atoms. The number of rotatable bonds is 7. The molecule has 1 unspecified atom stereocenters. The van der Waals surface area contributed by atoms with Crippen molar-refractivity contribution in [2.75, 3.05) is 32.7 Å². The number of amides is 2. The van der Waals surface area contributed by atoms with Crippen LogP contribution >= 0.6 is 0 Å². The van der Waals surface area contributed by atoms with Gasteiger partial charge in [-0.05, 0) is 19.0 Å². The minimum atomic E-state index is -0.674. The molecule has 1 aromatic heterocycles. The van der Waals surface area contributed by atoms with E-state index in [0.717, 1.165) is 36.3 Å². The van der Waals surface area contributed by atoms with Crippen molar-refractivity contribution in [2.24, 2.45) is 0 Å². The number of nitrogens with one attached hydrogen (secondary N) is 1. The zero-order chi connectivity index (χ0) is 23.2. The molecule has 1 atom stereocenters. The molecule has 1 saturated heterocycles. The van der Waals surface area contributed by atoms with E-state index in [2.05, 4.69) is 22.3 Å². The minimum absolute atomic E-state index is 0.0646. The highest BCUT2D eigenvalue weighted by Gasteiger charge is 2.29. The van der Waals surface area contributed by atoms with Crippen LogP contribution in [-0.4, -0.2) is 65.5 Å². The summed E-state index contributed by atoms with van der Waals surface area (Å²) in [4.78, 5) is 30.6. The van der Waals surface area contributed by atoms with E-state index in [1.807, 2.05) is 66.4 Å². The van der Waals surface area contributed by atoms with Gasteiger partial charge in [0.15, 0.2) is 11.5 Å². The minimum Gasteiger partial charge on any atom is -0.355 e. The van der Waals surface area contributed by atoms with Gasteiger partial charge < -0.3 is 19.6 Å². The van der Waals surface area contributed by atoms with Gasteiger partial charge in [0.2, 0.25) is 5.91 Å². The lowest BCUT2D eigenvalue weighted by Gasteiger charge is -2.36. The van der Waals surface area contributed by atoms with Crippen LogP contribution < -0.4 is 5.32 Å². The van der Waals surface area contributed by atoms with Crippen LogP contribution in [0.25, 0.3) is 11.3 Å². The molecular formula is C26H30N4O3. The topological polar surface area (TPSA) is 78.7 Å². The van der Waals surface area contributed by atoms with Gasteiger partial charge in [-0.2, -0.15) is 0 Å². The largest absolute Gasteiger partial charge is 0.355 e. The number of likely N-dealkylation sites (N-methyl/N-ethyl adjacent to an activating group) is 1. The zero-order valence-electron chi connectivity index (χ0n) is 19.2. The first-order chi connectivity index (χ1) is 16.0. The standard InChI is InChI=1S/C26H30N4O3/c1-3-29-13-15-30(16-14-29)26(32)23(17-20-7-5-4-6-8-20)27-25(31)22-18-24(33-28-22)21-11-9-19(2)10-12-21/h4-12,18,23H,3,13-17H2,1-2H3,(H,27,31). The Morgan fingerprint density at radius 2 is 1.73 bits per heavy atom. The SMILES string of the molecule is CCN1CCN(C(=O)C(Cc2ccccc2)NC(=O)c2cc(-c3ccc(C)cc3)on2)CC1. The van der Waals surface area contributed by atoms with E-state index in [4.69, 9.17) is 4.52 Å². The Bertz CT molecular complexity index is 1070. The Labute approximate surface area is 194 Å². The number of benzene rings is 2. The molecule has 1 N–H and O–H groups in total. The van der Waals surface area contributed by atoms with Crippen molar-refractivity contribution in [3.8, 4) is 11.3 Å². The highest BCUT2D eigenvalue weighted by molar-refractivity contribution is 5.96. The highest BCUT2D eigenvalue weighted by Crippen LogP contribution is 2.21. The Kier molecular flexibility index (Phi) is 7.19. The van der Waals surface area contributed by atoms with Crippen LogP contribution in [0.4, 0.5) is 0 Å². The average Bonchev–Trinajstić information content (AvgIpc) is 3.35. The number of carbonyl (C=O) groups is 2. The van der Waals surface area contributed by atoms with Gasteiger partial charge in [-0.15, -0.1) is 0 Å². The van der Waals surface area contributed by atoms with Crippen molar-refractivity contribution >= 4 is 11.8 Å². The summed E-state index contributed by atoms with van der Waals surface area (Å²) in [6.45, 7) is 8.12. The van der Waals surface area contributed by atoms with Crippen LogP contribution in [0.5, 0.6) is 0 Å². The third-order valence-electron chi connectivity index (χ3n) is 6.10. The first kappa shape index (κ1) is 22.7. The van der Waals surface area contributed by atoms with Crippen molar-refractivity contribution in [3.05, 3.63) is 77.5 Å². The average molecular weight is 447 g/mol. The van der Waals surface area contributed by atoms with Gasteiger partial charge in [0, 0.05) is 44.2 Å². The first-order valence-electron chi connectivity index (χ1n) is 11.4. The zero-order valence-corrected chi connectivity index (χ0v) is 19.2. The van der Waals surface area contributed by atoms with Gasteiger partial charge in [0.25, 0.3) is 5.91 Å². The van der Waals surface area contributed by atoms with E-state index in [0.29, 0.717) is 25.3 Å². The second kappa shape index (κ2) is 10.4. The third-order valence-corrected chi connectivity index (χ3v) is 6.10. The Balaban J connectivity index is 1.49. The first-order valence-corrected chi connectivity index (χ1v) is 11.4. The number of carbonyl (C=O) groups excluding carboxylic acids is 2. The number of aromatic nitrogens is 1. The molecule has 2 aromatic carbocycles. The summed E-state index contributed by atoms with van der Waals surface area (Å²) >= 11 is 0. The summed E-state index contributed by atoms with van der Waals surface area (Å²) in [6.07, 6.45) is 0.419. The van der Waals surface area contributed by atoms with E-state index in [9.17, 15) is 9.59 Å². The maximum Gasteiger partial charge on any atom is 0.274 e. The molecule has 4 rings (SSSR count). The molecule has 7 heteroatoms. The van der Waals surface area contributed by atoms with E-state index in [1.54, 1.807) is 6.07 Å². The molecule has 3 aromatic rings. The van der Waals surface area contributed by atoms with Crippen LogP contribution in [0.1, 0.15) is 28.5 Å². The lowest BCUT2D eigenvalue weighted by Crippen LogP contribution is -2.55. The number of hydrogen-bond acceptors (Lipinski definition) is 5. The van der Waals surface area contributed by atoms with Gasteiger partial charge in [-0.3, -0.25) is 9.59 Å². The summed E-state index contributed by atoms with van der Waals surface area (Å²) < 4.78 is 5.40. The molecule has 172 valence electrons. The quantitative estimate of drug-likeness (QED) is 0.603. The van der Waals surface area contributed by atoms with Crippen molar-refractivity contribution in [1.82, 2.24) is 20.3 Å². The molecule has 2 heterocycles. The van der Waals surface area contributed by atoms with E-state index >= 15 is 0 Å². The fraction of sp³-hybridized carbons (Fsp3) is 0.346. The van der Waals surface area contributed by atoms with Crippen molar-refractivity contribution < 1.29 is 14.1 Å². The normalized spacial score (nSPS) is 15.3. The number of nitrogens with zero attached hydrogens (tertiary/aromatic N) is 3. The van der Waals surface area contributed by atoms with Crippen LogP contribution in [0, 0.1) is 6.92 Å². The lowest BCUT2D eigenvalue weighted by molar-refractivity contribution is -0.135. The highest BCUT2D eigenvalue weighted by atomic mass is 16.5. The summed E-state index contributed by atoms with van der Waals surface area (Å²) in [5.74, 6) is 0.0329. The number of aryl methyl sites for hydroxylation is 1. The number of hydrogen-bond donors (Lipinski definition) is 1. The van der Waals surface area contributed by atoms with Gasteiger partial charge >= 0.3 is 0 Å². The van der Waals surface area contributed by atoms with Gasteiger partial charge in [0.05, 0.1) is 0 Å². The monoisotopic (exact) mass is 446 g/mol. The fourth-order valence-electron chi connectivity index (χ4n) is 4.02. The van der Waals surface area contributed by atoms with Crippen LogP contribution in [0.2, 0.25) is 0 Å². The Morgan fingerprint density at radius 1 is 1.03 bits per heavy atom. The molecule has 1 aliphatic rings. The fourth-order valence-corrected chi connectivity index (χ4v) is 4.02. The molecule has 0 aliphatic carbocycles. The Morgan fingerprint density at radius 3 is 2.39 bits per heavy atom. The predicted molar refractivity (Wildman–Crippen MR) is 127 cm³/mol. The molecule has 1 fully saturated rings. The Hall–Kier alpha value is -3.45. The summed E-state index contributed by atoms with van der Waals surface area (Å²) in [7, 11) is 0. The number of piperazine rings is 1. The van der Waals surface area contributed by atoms with Gasteiger partial charge in [-0.25, -0.2) is 0 Å².